The van der Waals surface area contributed by atoms with Crippen molar-refractivity contribution in [2.75, 3.05) is 46.9 Å². The first kappa shape index (κ1) is 25.8. The third-order valence-electron chi connectivity index (χ3n) is 8.16. The minimum atomic E-state index is -1.86. The van der Waals surface area contributed by atoms with Gasteiger partial charge in [-0.15, -0.1) is 0 Å². The molecule has 10 heteroatoms. The fraction of sp³-hybridized carbons (Fsp3) is 0.483. The Morgan fingerprint density at radius 2 is 1.77 bits per heavy atom. The van der Waals surface area contributed by atoms with Gasteiger partial charge in [0.1, 0.15) is 19.8 Å². The highest BCUT2D eigenvalue weighted by Crippen LogP contribution is 2.43. The first-order valence-electron chi connectivity index (χ1n) is 13.5. The second-order valence-electron chi connectivity index (χ2n) is 10.7. The van der Waals surface area contributed by atoms with Crippen molar-refractivity contribution in [3.05, 3.63) is 50.8 Å². The van der Waals surface area contributed by atoms with Crippen LogP contribution in [0.4, 0.5) is 0 Å². The molecule has 0 fully saturated rings. The van der Waals surface area contributed by atoms with E-state index in [0.29, 0.717) is 60.3 Å². The largest absolute Gasteiger partial charge is 0.486 e. The first-order chi connectivity index (χ1) is 18.7. The summed E-state index contributed by atoms with van der Waals surface area (Å²) in [4.78, 5) is 35.9. The normalized spacial score (nSPS) is 19.3. The molecular formula is C29H34N4O6. The third kappa shape index (κ3) is 4.09. The Bertz CT molecular complexity index is 1550. The Kier molecular flexibility index (Phi) is 6.36. The molecule has 39 heavy (non-hydrogen) atoms. The Balaban J connectivity index is 1.56. The van der Waals surface area contributed by atoms with E-state index in [1.165, 1.54) is 0 Å². The van der Waals surface area contributed by atoms with Crippen molar-refractivity contribution in [3.63, 3.8) is 0 Å². The summed E-state index contributed by atoms with van der Waals surface area (Å²) in [5, 5.41) is 12.2. The van der Waals surface area contributed by atoms with Gasteiger partial charge in [-0.1, -0.05) is 13.8 Å². The van der Waals surface area contributed by atoms with Gasteiger partial charge in [-0.25, -0.2) is 9.78 Å². The average Bonchev–Trinajstić information content (AvgIpc) is 3.30. The molecule has 3 aromatic rings. The molecule has 1 N–H and O–H groups in total. The van der Waals surface area contributed by atoms with Crippen molar-refractivity contribution in [1.29, 1.82) is 0 Å². The van der Waals surface area contributed by atoms with E-state index in [1.807, 2.05) is 12.1 Å². The Hall–Kier alpha value is -3.47. The van der Waals surface area contributed by atoms with Crippen LogP contribution in [0.15, 0.2) is 23.0 Å². The maximum absolute atomic E-state index is 13.7. The summed E-state index contributed by atoms with van der Waals surface area (Å²) in [6.07, 6.45) is 0.103. The topological polar surface area (TPSA) is 106 Å². The zero-order chi connectivity index (χ0) is 27.5. The molecule has 206 valence electrons. The lowest BCUT2D eigenvalue weighted by Gasteiger charge is -2.31. The molecule has 0 radical (unpaired) electrons. The van der Waals surface area contributed by atoms with Gasteiger partial charge >= 0.3 is 5.97 Å². The van der Waals surface area contributed by atoms with E-state index in [2.05, 4.69) is 30.8 Å². The van der Waals surface area contributed by atoms with Crippen LogP contribution in [0.3, 0.4) is 0 Å². The van der Waals surface area contributed by atoms with Crippen molar-refractivity contribution in [2.45, 2.75) is 45.6 Å². The smallest absolute Gasteiger partial charge is 0.343 e. The Labute approximate surface area is 226 Å². The summed E-state index contributed by atoms with van der Waals surface area (Å²) >= 11 is 0. The minimum absolute atomic E-state index is 0.103. The van der Waals surface area contributed by atoms with Crippen molar-refractivity contribution in [2.24, 2.45) is 0 Å². The van der Waals surface area contributed by atoms with Gasteiger partial charge in [0, 0.05) is 42.2 Å². The third-order valence-corrected chi connectivity index (χ3v) is 8.16. The Morgan fingerprint density at radius 3 is 2.46 bits per heavy atom. The quantitative estimate of drug-likeness (QED) is 0.357. The van der Waals surface area contributed by atoms with Crippen LogP contribution in [0.1, 0.15) is 42.5 Å². The summed E-state index contributed by atoms with van der Waals surface area (Å²) in [5.74, 6) is 0.617. The highest BCUT2D eigenvalue weighted by molar-refractivity contribution is 5.91. The second-order valence-corrected chi connectivity index (χ2v) is 10.7. The predicted molar refractivity (Wildman–Crippen MR) is 145 cm³/mol. The van der Waals surface area contributed by atoms with Crippen molar-refractivity contribution in [1.82, 2.24) is 19.4 Å². The number of rotatable bonds is 7. The lowest BCUT2D eigenvalue weighted by Crippen LogP contribution is -2.44. The number of hydrogen-bond acceptors (Lipinski definition) is 9. The first-order valence-corrected chi connectivity index (χ1v) is 13.5. The molecule has 2 aromatic heterocycles. The van der Waals surface area contributed by atoms with Gasteiger partial charge in [0.25, 0.3) is 5.56 Å². The summed E-state index contributed by atoms with van der Waals surface area (Å²) < 4.78 is 18.7. The zero-order valence-electron chi connectivity index (χ0n) is 22.9. The highest BCUT2D eigenvalue weighted by atomic mass is 16.6. The molecule has 5 heterocycles. The van der Waals surface area contributed by atoms with Crippen LogP contribution < -0.4 is 15.0 Å². The molecular weight excluding hydrogens is 500 g/mol. The van der Waals surface area contributed by atoms with Gasteiger partial charge in [0.2, 0.25) is 0 Å². The molecule has 0 bridgehead atoms. The second kappa shape index (κ2) is 9.62. The van der Waals surface area contributed by atoms with Crippen LogP contribution in [0.2, 0.25) is 0 Å². The summed E-state index contributed by atoms with van der Waals surface area (Å²) in [5.41, 5.74) is 2.61. The van der Waals surface area contributed by atoms with E-state index in [1.54, 1.807) is 17.6 Å². The van der Waals surface area contributed by atoms with Gasteiger partial charge < -0.3 is 28.8 Å². The molecule has 0 amide bonds. The van der Waals surface area contributed by atoms with E-state index >= 15 is 0 Å². The van der Waals surface area contributed by atoms with Crippen LogP contribution in [0.25, 0.3) is 22.3 Å². The fourth-order valence-corrected chi connectivity index (χ4v) is 5.79. The fourth-order valence-electron chi connectivity index (χ4n) is 5.79. The Morgan fingerprint density at radius 1 is 1.03 bits per heavy atom. The lowest BCUT2D eigenvalue weighted by atomic mass is 9.86. The average molecular weight is 535 g/mol. The van der Waals surface area contributed by atoms with Gasteiger partial charge in [0.15, 0.2) is 17.1 Å². The maximum Gasteiger partial charge on any atom is 0.343 e. The number of cyclic esters (lactones) is 1. The zero-order valence-corrected chi connectivity index (χ0v) is 22.9. The van der Waals surface area contributed by atoms with Crippen molar-refractivity contribution in [3.8, 4) is 22.9 Å². The molecule has 3 aliphatic heterocycles. The number of aliphatic hydroxyl groups is 1. The molecule has 0 saturated heterocycles. The number of hydrogen-bond donors (Lipinski definition) is 1. The SMILES string of the molecule is CCN(CCN(C)C)Cc1c2c(nc3cc4c(cc13)OCCO4)-c1cc3c(c(=O)n1C2)COC(=O)C3(O)CC. The predicted octanol–water partition coefficient (Wildman–Crippen LogP) is 2.23. The molecule has 0 saturated carbocycles. The number of aromatic nitrogens is 2. The van der Waals surface area contributed by atoms with Crippen molar-refractivity contribution >= 4 is 16.9 Å². The molecule has 1 aromatic carbocycles. The van der Waals surface area contributed by atoms with Gasteiger partial charge in [-0.05, 0) is 44.8 Å². The minimum Gasteiger partial charge on any atom is -0.486 e. The molecule has 3 aliphatic rings. The number of likely N-dealkylation sites (N-methyl/N-ethyl adjacent to an activating group) is 2. The van der Waals surface area contributed by atoms with Crippen LogP contribution in [0, 0.1) is 0 Å². The number of fused-ring (bicyclic) bond motifs is 6. The van der Waals surface area contributed by atoms with Crippen LogP contribution in [0.5, 0.6) is 11.5 Å². The lowest BCUT2D eigenvalue weighted by molar-refractivity contribution is -0.172. The molecule has 6 rings (SSSR count). The summed E-state index contributed by atoms with van der Waals surface area (Å²) in [6.45, 7) is 8.36. The highest BCUT2D eigenvalue weighted by Gasteiger charge is 2.45. The number of carbonyl (C=O) groups is 1. The van der Waals surface area contributed by atoms with Gasteiger partial charge in [-0.2, -0.15) is 0 Å². The van der Waals surface area contributed by atoms with E-state index in [9.17, 15) is 14.7 Å². The molecule has 1 atom stereocenters. The van der Waals surface area contributed by atoms with Gasteiger partial charge in [-0.3, -0.25) is 9.69 Å². The van der Waals surface area contributed by atoms with Crippen molar-refractivity contribution < 1.29 is 24.1 Å². The standard InChI is InChI=1S/C29H34N4O6/c1-5-29(36)21-12-23-26-19(15-33(23)27(34)20(21)16-39-28(29)35)18(14-32(6-2)8-7-31(3)4)17-11-24-25(13-22(17)30-26)38-10-9-37-24/h11-13,36H,5-10,14-16H2,1-4H3. The summed E-state index contributed by atoms with van der Waals surface area (Å²) in [7, 11) is 4.13. The van der Waals surface area contributed by atoms with E-state index in [4.69, 9.17) is 19.2 Å². The van der Waals surface area contributed by atoms with E-state index < -0.39 is 11.6 Å². The number of pyridine rings is 2. The van der Waals surface area contributed by atoms with E-state index in [0.717, 1.165) is 41.7 Å². The molecule has 0 spiro atoms. The number of esters is 1. The van der Waals surface area contributed by atoms with E-state index in [-0.39, 0.29) is 18.6 Å². The monoisotopic (exact) mass is 534 g/mol. The number of nitrogens with zero attached hydrogens (tertiary/aromatic N) is 4. The van der Waals surface area contributed by atoms with Crippen LogP contribution >= 0.6 is 0 Å². The molecule has 0 aliphatic carbocycles. The van der Waals surface area contributed by atoms with Crippen LogP contribution in [-0.4, -0.2) is 77.4 Å². The molecule has 10 nitrogen and oxygen atoms in total. The number of benzene rings is 1. The van der Waals surface area contributed by atoms with Crippen LogP contribution in [-0.2, 0) is 34.8 Å². The number of carbonyl (C=O) groups excluding carboxylic acids is 1. The van der Waals surface area contributed by atoms with Gasteiger partial charge in [0.05, 0.1) is 29.0 Å². The maximum atomic E-state index is 13.7. The summed E-state index contributed by atoms with van der Waals surface area (Å²) in [6, 6.07) is 5.67. The molecule has 1 unspecified atom stereocenters. The number of ether oxygens (including phenoxy) is 3.